The molecule has 0 fully saturated rings. The number of carbonyl (C=O) groups is 1. The molecule has 1 atom stereocenters. The molecule has 1 heterocycles. The number of fused-ring (bicyclic) bond motifs is 2. The van der Waals surface area contributed by atoms with Gasteiger partial charge in [0.2, 0.25) is 5.91 Å². The number of para-hydroxylation sites is 1. The fraction of sp³-hybridized carbons (Fsp3) is 0.318. The van der Waals surface area contributed by atoms with Gasteiger partial charge in [-0.25, -0.2) is 9.97 Å². The number of benzene rings is 2. The summed E-state index contributed by atoms with van der Waals surface area (Å²) in [6, 6.07) is 14.5. The molecule has 0 saturated heterocycles. The van der Waals surface area contributed by atoms with Gasteiger partial charge in [0, 0.05) is 5.39 Å². The zero-order valence-electron chi connectivity index (χ0n) is 15.4. The molecule has 5 heteroatoms. The molecule has 0 bridgehead atoms. The van der Waals surface area contributed by atoms with Crippen molar-refractivity contribution in [2.24, 2.45) is 0 Å². The van der Waals surface area contributed by atoms with E-state index in [1.807, 2.05) is 31.2 Å². The normalized spacial score (nSPS) is 14.6. The smallest absolute Gasteiger partial charge is 0.230 e. The molecule has 0 aliphatic heterocycles. The maximum Gasteiger partial charge on any atom is 0.230 e. The Kier molecular flexibility index (Phi) is 5.39. The van der Waals surface area contributed by atoms with Gasteiger partial charge >= 0.3 is 0 Å². The first-order chi connectivity index (χ1) is 13.2. The summed E-state index contributed by atoms with van der Waals surface area (Å²) < 4.78 is 0. The van der Waals surface area contributed by atoms with Crippen LogP contribution in [0.5, 0.6) is 0 Å². The maximum atomic E-state index is 12.4. The van der Waals surface area contributed by atoms with Crippen molar-refractivity contribution in [1.29, 1.82) is 0 Å². The van der Waals surface area contributed by atoms with Crippen LogP contribution in [0.2, 0.25) is 0 Å². The molecule has 1 unspecified atom stereocenters. The molecule has 1 N–H and O–H groups in total. The number of nitrogens with one attached hydrogen (secondary N) is 1. The predicted molar refractivity (Wildman–Crippen MR) is 110 cm³/mol. The van der Waals surface area contributed by atoms with Crippen molar-refractivity contribution in [3.63, 3.8) is 0 Å². The highest BCUT2D eigenvalue weighted by Gasteiger charge is 2.15. The van der Waals surface area contributed by atoms with E-state index in [0.29, 0.717) is 5.75 Å². The van der Waals surface area contributed by atoms with E-state index in [1.165, 1.54) is 47.7 Å². The minimum absolute atomic E-state index is 0.00692. The third kappa shape index (κ3) is 4.14. The van der Waals surface area contributed by atoms with Gasteiger partial charge in [-0.2, -0.15) is 0 Å². The molecule has 138 valence electrons. The first kappa shape index (κ1) is 18.0. The van der Waals surface area contributed by atoms with E-state index in [4.69, 9.17) is 0 Å². The molecule has 1 aliphatic rings. The molecule has 1 aromatic heterocycles. The second kappa shape index (κ2) is 8.09. The molecule has 27 heavy (non-hydrogen) atoms. The lowest BCUT2D eigenvalue weighted by molar-refractivity contribution is -0.119. The van der Waals surface area contributed by atoms with Gasteiger partial charge < -0.3 is 5.32 Å². The number of hydrogen-bond donors (Lipinski definition) is 1. The summed E-state index contributed by atoms with van der Waals surface area (Å²) in [4.78, 5) is 21.1. The molecule has 4 rings (SSSR count). The first-order valence-electron chi connectivity index (χ1n) is 9.44. The number of hydrogen-bond acceptors (Lipinski definition) is 4. The number of carbonyl (C=O) groups excluding carboxylic acids is 1. The first-order valence-corrected chi connectivity index (χ1v) is 10.4. The number of aryl methyl sites for hydroxylation is 2. The van der Waals surface area contributed by atoms with Gasteiger partial charge in [-0.1, -0.05) is 48.2 Å². The van der Waals surface area contributed by atoms with Crippen molar-refractivity contribution in [1.82, 2.24) is 15.3 Å². The summed E-state index contributed by atoms with van der Waals surface area (Å²) in [7, 11) is 0. The topological polar surface area (TPSA) is 54.9 Å². The minimum Gasteiger partial charge on any atom is -0.349 e. The van der Waals surface area contributed by atoms with E-state index in [-0.39, 0.29) is 11.9 Å². The van der Waals surface area contributed by atoms with Gasteiger partial charge in [-0.05, 0) is 55.4 Å². The highest BCUT2D eigenvalue weighted by Crippen LogP contribution is 2.26. The molecule has 4 nitrogen and oxygen atoms in total. The van der Waals surface area contributed by atoms with Crippen molar-refractivity contribution >= 4 is 28.6 Å². The second-order valence-corrected chi connectivity index (χ2v) is 7.97. The van der Waals surface area contributed by atoms with Gasteiger partial charge in [-0.15, -0.1) is 0 Å². The van der Waals surface area contributed by atoms with Crippen molar-refractivity contribution in [3.05, 3.63) is 65.5 Å². The van der Waals surface area contributed by atoms with Crippen LogP contribution in [0.15, 0.2) is 53.8 Å². The quantitative estimate of drug-likeness (QED) is 0.526. The fourth-order valence-electron chi connectivity index (χ4n) is 3.62. The Balaban J connectivity index is 1.39. The molecular weight excluding hydrogens is 354 g/mol. The minimum atomic E-state index is 0.00692. The van der Waals surface area contributed by atoms with Gasteiger partial charge in [0.25, 0.3) is 0 Å². The average Bonchev–Trinajstić information content (AvgIpc) is 2.71. The number of thioether (sulfide) groups is 1. The Morgan fingerprint density at radius 3 is 2.81 bits per heavy atom. The lowest BCUT2D eigenvalue weighted by Crippen LogP contribution is -2.28. The van der Waals surface area contributed by atoms with Crippen LogP contribution in [0.1, 0.15) is 42.5 Å². The zero-order valence-corrected chi connectivity index (χ0v) is 16.3. The molecule has 0 radical (unpaired) electrons. The predicted octanol–water partition coefficient (Wildman–Crippen LogP) is 4.48. The van der Waals surface area contributed by atoms with Crippen molar-refractivity contribution < 1.29 is 4.79 Å². The van der Waals surface area contributed by atoms with Crippen LogP contribution < -0.4 is 5.32 Å². The molecule has 2 aromatic carbocycles. The summed E-state index contributed by atoms with van der Waals surface area (Å²) >= 11 is 1.45. The third-order valence-corrected chi connectivity index (χ3v) is 6.10. The van der Waals surface area contributed by atoms with Crippen molar-refractivity contribution in [2.45, 2.75) is 43.7 Å². The molecule has 1 amide bonds. The Morgan fingerprint density at radius 1 is 1.11 bits per heavy atom. The lowest BCUT2D eigenvalue weighted by Gasteiger charge is -2.20. The summed E-state index contributed by atoms with van der Waals surface area (Å²) in [6.45, 7) is 2.05. The highest BCUT2D eigenvalue weighted by molar-refractivity contribution is 8.00. The number of nitrogens with zero attached hydrogens (tertiary/aromatic N) is 2. The fourth-order valence-corrected chi connectivity index (χ4v) is 4.42. The summed E-state index contributed by atoms with van der Waals surface area (Å²) in [5.41, 5.74) is 5.00. The number of amides is 1. The summed E-state index contributed by atoms with van der Waals surface area (Å²) in [5, 5.41) is 4.95. The molecule has 1 aliphatic carbocycles. The van der Waals surface area contributed by atoms with E-state index in [2.05, 4.69) is 33.5 Å². The standard InChI is InChI=1S/C22H23N3OS/c1-15(17-11-10-16-6-2-3-7-18(16)12-17)25-21(26)13-27-22-19-8-4-5-9-20(19)23-14-24-22/h4-5,8-12,14-15H,2-3,6-7,13H2,1H3,(H,25,26). The lowest BCUT2D eigenvalue weighted by atomic mass is 9.89. The van der Waals surface area contributed by atoms with Crippen molar-refractivity contribution in [3.8, 4) is 0 Å². The van der Waals surface area contributed by atoms with E-state index in [9.17, 15) is 4.79 Å². The molecule has 0 spiro atoms. The van der Waals surface area contributed by atoms with Crippen LogP contribution in [-0.4, -0.2) is 21.6 Å². The Hall–Kier alpha value is -2.40. The van der Waals surface area contributed by atoms with Crippen LogP contribution >= 0.6 is 11.8 Å². The zero-order chi connectivity index (χ0) is 18.6. The van der Waals surface area contributed by atoms with Crippen LogP contribution in [0.3, 0.4) is 0 Å². The third-order valence-electron chi connectivity index (χ3n) is 5.10. The monoisotopic (exact) mass is 377 g/mol. The Morgan fingerprint density at radius 2 is 1.93 bits per heavy atom. The van der Waals surface area contributed by atoms with Crippen LogP contribution in [-0.2, 0) is 17.6 Å². The van der Waals surface area contributed by atoms with Crippen LogP contribution in [0.4, 0.5) is 0 Å². The number of rotatable bonds is 5. The number of aromatic nitrogens is 2. The van der Waals surface area contributed by atoms with E-state index in [1.54, 1.807) is 6.33 Å². The molecule has 0 saturated carbocycles. The molecule has 3 aromatic rings. The molecular formula is C22H23N3OS. The van der Waals surface area contributed by atoms with E-state index >= 15 is 0 Å². The second-order valence-electron chi connectivity index (χ2n) is 7.01. The van der Waals surface area contributed by atoms with Gasteiger partial charge in [0.1, 0.15) is 11.4 Å². The van der Waals surface area contributed by atoms with E-state index in [0.717, 1.165) is 22.3 Å². The van der Waals surface area contributed by atoms with Crippen LogP contribution in [0.25, 0.3) is 10.9 Å². The van der Waals surface area contributed by atoms with Crippen molar-refractivity contribution in [2.75, 3.05) is 5.75 Å². The van der Waals surface area contributed by atoms with Gasteiger partial charge in [-0.3, -0.25) is 4.79 Å². The average molecular weight is 378 g/mol. The largest absolute Gasteiger partial charge is 0.349 e. The maximum absolute atomic E-state index is 12.4. The summed E-state index contributed by atoms with van der Waals surface area (Å²) in [6.07, 6.45) is 6.44. The summed E-state index contributed by atoms with van der Waals surface area (Å²) in [5.74, 6) is 0.365. The Bertz CT molecular complexity index is 967. The van der Waals surface area contributed by atoms with Crippen LogP contribution in [0, 0.1) is 0 Å². The van der Waals surface area contributed by atoms with Gasteiger partial charge in [0.15, 0.2) is 0 Å². The Labute approximate surface area is 163 Å². The highest BCUT2D eigenvalue weighted by atomic mass is 32.2. The van der Waals surface area contributed by atoms with E-state index < -0.39 is 0 Å². The van der Waals surface area contributed by atoms with Gasteiger partial charge in [0.05, 0.1) is 17.3 Å². The SMILES string of the molecule is CC(NC(=O)CSc1ncnc2ccccc12)c1ccc2c(c1)CCCC2.